The molecule has 2 aromatic carbocycles. The van der Waals surface area contributed by atoms with Crippen molar-refractivity contribution in [2.75, 3.05) is 23.8 Å². The van der Waals surface area contributed by atoms with Gasteiger partial charge in [-0.05, 0) is 77.0 Å². The average molecular weight is 580 g/mol. The summed E-state index contributed by atoms with van der Waals surface area (Å²) in [6, 6.07) is 12.2. The molecule has 0 aliphatic rings. The van der Waals surface area contributed by atoms with E-state index in [4.69, 9.17) is 21.7 Å². The molecule has 35 heavy (non-hydrogen) atoms. The Labute approximate surface area is 216 Å². The highest BCUT2D eigenvalue weighted by atomic mass is 79.9. The normalized spacial score (nSPS) is 10.8. The number of sulfonamides is 1. The Bertz CT molecular complexity index is 1320. The van der Waals surface area contributed by atoms with Crippen molar-refractivity contribution in [2.45, 2.75) is 18.2 Å². The second-order valence-electron chi connectivity index (χ2n) is 6.98. The Kier molecular flexibility index (Phi) is 8.95. The maximum Gasteiger partial charge on any atom is 0.263 e. The van der Waals surface area contributed by atoms with Crippen molar-refractivity contribution in [3.63, 3.8) is 0 Å². The van der Waals surface area contributed by atoms with Gasteiger partial charge < -0.3 is 14.8 Å². The fourth-order valence-electron chi connectivity index (χ4n) is 2.73. The molecule has 10 nitrogen and oxygen atoms in total. The van der Waals surface area contributed by atoms with Gasteiger partial charge in [-0.3, -0.25) is 14.8 Å². The minimum Gasteiger partial charge on any atom is -0.492 e. The highest BCUT2D eigenvalue weighted by Gasteiger charge is 2.16. The molecule has 0 radical (unpaired) electrons. The molecule has 3 rings (SSSR count). The lowest BCUT2D eigenvalue weighted by Gasteiger charge is -2.12. The lowest BCUT2D eigenvalue weighted by atomic mass is 10.2. The topological polar surface area (TPSA) is 132 Å². The lowest BCUT2D eigenvalue weighted by Crippen LogP contribution is -2.34. The number of thiocarbonyl (C=S) groups is 1. The molecule has 0 spiro atoms. The number of carbonyl (C=O) groups is 1. The summed E-state index contributed by atoms with van der Waals surface area (Å²) in [7, 11) is -2.48. The van der Waals surface area contributed by atoms with Crippen molar-refractivity contribution in [1.82, 2.24) is 15.3 Å². The number of hydrogen-bond donors (Lipinski definition) is 3. The Balaban J connectivity index is 1.60. The number of amides is 1. The molecule has 0 aliphatic heterocycles. The van der Waals surface area contributed by atoms with Gasteiger partial charge in [-0.15, -0.1) is 0 Å². The van der Waals surface area contributed by atoms with Gasteiger partial charge in [0.15, 0.2) is 5.11 Å². The SMILES string of the molecule is CCCOc1ccc(C(=O)NC(=S)Nc2ccc(S(=O)(=O)Nc3cc(OC)ncn3)cc2)cc1Br. The van der Waals surface area contributed by atoms with Crippen LogP contribution in [-0.2, 0) is 10.0 Å². The number of hydrogen-bond acceptors (Lipinski definition) is 8. The van der Waals surface area contributed by atoms with Crippen LogP contribution in [0.5, 0.6) is 11.6 Å². The zero-order chi connectivity index (χ0) is 25.4. The number of carbonyl (C=O) groups excluding carboxylic acids is 1. The maximum absolute atomic E-state index is 12.6. The van der Waals surface area contributed by atoms with Gasteiger partial charge in [-0.1, -0.05) is 6.92 Å². The molecule has 1 aromatic heterocycles. The van der Waals surface area contributed by atoms with Crippen molar-refractivity contribution in [1.29, 1.82) is 0 Å². The van der Waals surface area contributed by atoms with E-state index < -0.39 is 15.9 Å². The Morgan fingerprint density at radius 3 is 2.51 bits per heavy atom. The monoisotopic (exact) mass is 579 g/mol. The van der Waals surface area contributed by atoms with Gasteiger partial charge in [0.25, 0.3) is 15.9 Å². The van der Waals surface area contributed by atoms with Crippen molar-refractivity contribution in [3.05, 3.63) is 64.9 Å². The molecule has 13 heteroatoms. The van der Waals surface area contributed by atoms with E-state index in [1.165, 1.54) is 43.8 Å². The molecule has 0 aliphatic carbocycles. The van der Waals surface area contributed by atoms with E-state index >= 15 is 0 Å². The zero-order valence-corrected chi connectivity index (χ0v) is 22.0. The molecule has 184 valence electrons. The molecule has 1 amide bonds. The number of aromatic nitrogens is 2. The van der Waals surface area contributed by atoms with Crippen LogP contribution < -0.4 is 24.8 Å². The molecule has 0 saturated heterocycles. The second-order valence-corrected chi connectivity index (χ2v) is 9.92. The number of nitrogens with one attached hydrogen (secondary N) is 3. The Morgan fingerprint density at radius 2 is 1.86 bits per heavy atom. The van der Waals surface area contributed by atoms with Crippen LogP contribution in [-0.4, -0.2) is 43.1 Å². The molecule has 1 heterocycles. The standard InChI is InChI=1S/C22H22BrN5O5S2/c1-3-10-33-18-9-4-14(11-17(18)23)21(29)27-22(34)26-15-5-7-16(8-6-15)35(30,31)28-19-12-20(32-2)25-13-24-19/h4-9,11-13H,3,10H2,1-2H3,(H,24,25,28)(H2,26,27,29,34). The summed E-state index contributed by atoms with van der Waals surface area (Å²) >= 11 is 8.60. The molecular formula is C22H22BrN5O5S2. The number of methoxy groups -OCH3 is 1. The number of rotatable bonds is 9. The van der Waals surface area contributed by atoms with Crippen LogP contribution in [0.25, 0.3) is 0 Å². The highest BCUT2D eigenvalue weighted by Crippen LogP contribution is 2.26. The third-order valence-corrected chi connectivity index (χ3v) is 6.59. The summed E-state index contributed by atoms with van der Waals surface area (Å²) in [5, 5.41) is 5.49. The lowest BCUT2D eigenvalue weighted by molar-refractivity contribution is 0.0977. The van der Waals surface area contributed by atoms with Gasteiger partial charge in [-0.2, -0.15) is 0 Å². The number of nitrogens with zero attached hydrogens (tertiary/aromatic N) is 2. The molecule has 0 unspecified atom stereocenters. The first-order valence-corrected chi connectivity index (χ1v) is 12.9. The number of halogens is 1. The smallest absolute Gasteiger partial charge is 0.263 e. The van der Waals surface area contributed by atoms with E-state index in [0.717, 1.165) is 6.42 Å². The predicted molar refractivity (Wildman–Crippen MR) is 139 cm³/mol. The molecule has 0 atom stereocenters. The maximum atomic E-state index is 12.6. The van der Waals surface area contributed by atoms with Gasteiger partial charge in [0.05, 0.1) is 23.1 Å². The average Bonchev–Trinajstić information content (AvgIpc) is 2.83. The highest BCUT2D eigenvalue weighted by molar-refractivity contribution is 9.10. The summed E-state index contributed by atoms with van der Waals surface area (Å²) < 4.78 is 38.8. The van der Waals surface area contributed by atoms with E-state index in [-0.39, 0.29) is 21.7 Å². The molecular weight excluding hydrogens is 558 g/mol. The summed E-state index contributed by atoms with van der Waals surface area (Å²) in [6.07, 6.45) is 2.06. The van der Waals surface area contributed by atoms with Crippen LogP contribution >= 0.6 is 28.1 Å². The second kappa shape index (κ2) is 11.9. The van der Waals surface area contributed by atoms with Gasteiger partial charge in [0.2, 0.25) is 5.88 Å². The first-order valence-electron chi connectivity index (χ1n) is 10.3. The number of benzene rings is 2. The molecule has 0 saturated carbocycles. The van der Waals surface area contributed by atoms with E-state index in [1.807, 2.05) is 6.92 Å². The van der Waals surface area contributed by atoms with Crippen LogP contribution in [0.2, 0.25) is 0 Å². The largest absolute Gasteiger partial charge is 0.492 e. The van der Waals surface area contributed by atoms with Crippen LogP contribution in [0.1, 0.15) is 23.7 Å². The Hall–Kier alpha value is -3.29. The third kappa shape index (κ3) is 7.34. The fraction of sp³-hybridized carbons (Fsp3) is 0.182. The van der Waals surface area contributed by atoms with Crippen molar-refractivity contribution < 1.29 is 22.7 Å². The first-order chi connectivity index (χ1) is 16.7. The number of anilines is 2. The van der Waals surface area contributed by atoms with E-state index in [0.29, 0.717) is 28.1 Å². The molecule has 3 N–H and O–H groups in total. The number of ether oxygens (including phenoxy) is 2. The van der Waals surface area contributed by atoms with Crippen molar-refractivity contribution in [2.24, 2.45) is 0 Å². The van der Waals surface area contributed by atoms with Crippen LogP contribution in [0.15, 0.2) is 64.2 Å². The van der Waals surface area contributed by atoms with E-state index in [1.54, 1.807) is 18.2 Å². The summed E-state index contributed by atoms with van der Waals surface area (Å²) in [5.41, 5.74) is 0.876. The van der Waals surface area contributed by atoms with Gasteiger partial charge >= 0.3 is 0 Å². The minimum absolute atomic E-state index is 0.00538. The van der Waals surface area contributed by atoms with E-state index in [2.05, 4.69) is 41.3 Å². The van der Waals surface area contributed by atoms with Gasteiger partial charge in [0.1, 0.15) is 17.9 Å². The van der Waals surface area contributed by atoms with Gasteiger partial charge in [-0.25, -0.2) is 18.4 Å². The first kappa shape index (κ1) is 26.3. The third-order valence-electron chi connectivity index (χ3n) is 4.40. The predicted octanol–water partition coefficient (Wildman–Crippen LogP) is 3.96. The fourth-order valence-corrected chi connectivity index (χ4v) is 4.43. The van der Waals surface area contributed by atoms with Crippen molar-refractivity contribution >= 4 is 60.7 Å². The van der Waals surface area contributed by atoms with Crippen LogP contribution in [0.3, 0.4) is 0 Å². The Morgan fingerprint density at radius 1 is 1.11 bits per heavy atom. The van der Waals surface area contributed by atoms with Crippen LogP contribution in [0.4, 0.5) is 11.5 Å². The van der Waals surface area contributed by atoms with Gasteiger partial charge in [0, 0.05) is 17.3 Å². The van der Waals surface area contributed by atoms with Crippen LogP contribution in [0, 0.1) is 0 Å². The molecule has 3 aromatic rings. The zero-order valence-electron chi connectivity index (χ0n) is 18.7. The molecule has 0 bridgehead atoms. The quantitative estimate of drug-likeness (QED) is 0.322. The summed E-state index contributed by atoms with van der Waals surface area (Å²) in [6.45, 7) is 2.58. The summed E-state index contributed by atoms with van der Waals surface area (Å²) in [4.78, 5) is 20.2. The van der Waals surface area contributed by atoms with E-state index in [9.17, 15) is 13.2 Å². The van der Waals surface area contributed by atoms with Crippen molar-refractivity contribution in [3.8, 4) is 11.6 Å². The summed E-state index contributed by atoms with van der Waals surface area (Å²) in [5.74, 6) is 0.530. The molecule has 0 fully saturated rings. The minimum atomic E-state index is -3.89.